The van der Waals surface area contributed by atoms with Gasteiger partial charge in [0.15, 0.2) is 0 Å². The van der Waals surface area contributed by atoms with Gasteiger partial charge in [0.1, 0.15) is 0 Å². The van der Waals surface area contributed by atoms with Crippen LogP contribution in [0.15, 0.2) is 115 Å². The van der Waals surface area contributed by atoms with Gasteiger partial charge in [0.2, 0.25) is 0 Å². The van der Waals surface area contributed by atoms with Crippen LogP contribution in [0.2, 0.25) is 0 Å². The van der Waals surface area contributed by atoms with Crippen molar-refractivity contribution in [3.63, 3.8) is 0 Å². The molecule has 4 rings (SSSR count). The Bertz CT molecular complexity index is 1050. The van der Waals surface area contributed by atoms with E-state index in [1.807, 2.05) is 0 Å². The molecule has 0 aliphatic rings. The molecule has 0 spiro atoms. The molecule has 0 atom stereocenters. The first-order chi connectivity index (χ1) is 15.6. The van der Waals surface area contributed by atoms with Crippen LogP contribution in [0.1, 0.15) is 17.4 Å². The van der Waals surface area contributed by atoms with E-state index < -0.39 is 5.31 Å². The Morgan fingerprint density at radius 3 is 1.47 bits per heavy atom. The summed E-state index contributed by atoms with van der Waals surface area (Å²) in [6.45, 7) is 0. The predicted octanol–water partition coefficient (Wildman–Crippen LogP) is 6.32. The monoisotopic (exact) mass is 506 g/mol. The van der Waals surface area contributed by atoms with Crippen molar-refractivity contribution in [1.29, 1.82) is 0 Å². The van der Waals surface area contributed by atoms with E-state index in [2.05, 4.69) is 131 Å². The van der Waals surface area contributed by atoms with Crippen molar-refractivity contribution in [2.24, 2.45) is 0 Å². The van der Waals surface area contributed by atoms with Crippen LogP contribution in [0, 0.1) is 0 Å². The number of hydrogen-bond acceptors (Lipinski definition) is 2. The second-order valence-electron chi connectivity index (χ2n) is 7.90. The number of rotatable bonds is 8. The Labute approximate surface area is 198 Å². The average Bonchev–Trinajstić information content (AvgIpc) is 2.87. The fourth-order valence-corrected chi connectivity index (χ4v) is 12.2. The molecule has 0 radical (unpaired) electrons. The van der Waals surface area contributed by atoms with Crippen LogP contribution >= 0.6 is 20.8 Å². The van der Waals surface area contributed by atoms with Crippen LogP contribution in [-0.4, -0.2) is 14.2 Å². The number of benzene rings is 4. The molecule has 2 nitrogen and oxygen atoms in total. The summed E-state index contributed by atoms with van der Waals surface area (Å²) in [4.78, 5) is 0. The molecular formula is C28H28BrO2P. The molecule has 0 bridgehead atoms. The third kappa shape index (κ3) is 4.07. The number of hydrogen-bond donors (Lipinski definition) is 0. The van der Waals surface area contributed by atoms with Crippen molar-refractivity contribution in [2.45, 2.75) is 12.5 Å². The number of methoxy groups -OCH3 is 2. The molecule has 4 aromatic rings. The molecule has 0 aliphatic carbocycles. The predicted molar refractivity (Wildman–Crippen MR) is 141 cm³/mol. The first kappa shape index (κ1) is 22.9. The molecule has 4 heteroatoms. The first-order valence-electron chi connectivity index (χ1n) is 10.6. The summed E-state index contributed by atoms with van der Waals surface area (Å²) in [5.74, 6) is 0. The van der Waals surface area contributed by atoms with Gasteiger partial charge in [-0.1, -0.05) is 0 Å². The van der Waals surface area contributed by atoms with Crippen molar-refractivity contribution >= 4 is 36.7 Å². The molecule has 0 heterocycles. The quantitative estimate of drug-likeness (QED) is 0.205. The van der Waals surface area contributed by atoms with Crippen molar-refractivity contribution in [2.75, 3.05) is 14.2 Å². The Hall–Kier alpha value is -2.29. The summed E-state index contributed by atoms with van der Waals surface area (Å²) in [5, 5.41) is 0.875. The molecule has 0 unspecified atom stereocenters. The van der Waals surface area contributed by atoms with E-state index in [0.29, 0.717) is 0 Å². The Morgan fingerprint density at radius 2 is 1.06 bits per heavy atom. The van der Waals surface area contributed by atoms with Gasteiger partial charge in [-0.05, 0) is 0 Å². The Morgan fingerprint density at radius 1 is 0.625 bits per heavy atom. The van der Waals surface area contributed by atoms with Crippen LogP contribution in [0.4, 0.5) is 0 Å². The summed E-state index contributed by atoms with van der Waals surface area (Å²) in [5.41, 5.74) is 2.24. The van der Waals surface area contributed by atoms with Crippen molar-refractivity contribution in [3.8, 4) is 0 Å². The maximum atomic E-state index is 5.53. The van der Waals surface area contributed by atoms with E-state index in [0.717, 1.165) is 11.7 Å². The van der Waals surface area contributed by atoms with Gasteiger partial charge in [-0.3, -0.25) is 0 Å². The standard InChI is InChI=1S/C28H28BrO2P/c1-30-28(31-2)24-14-12-13-23(21-24)22-32(29,25-15-6-3-7-16-25,26-17-8-4-9-18-26)27-19-10-5-11-20-27/h3-21,28H,22H2,1-2H3. The summed E-state index contributed by atoms with van der Waals surface area (Å²) in [6, 6.07) is 41.1. The van der Waals surface area contributed by atoms with Gasteiger partial charge in [-0.15, -0.1) is 0 Å². The molecule has 0 amide bonds. The molecule has 0 aromatic heterocycles. The summed E-state index contributed by atoms with van der Waals surface area (Å²) in [7, 11) is 3.34. The second kappa shape index (κ2) is 9.68. The van der Waals surface area contributed by atoms with Gasteiger partial charge in [-0.25, -0.2) is 0 Å². The van der Waals surface area contributed by atoms with E-state index in [9.17, 15) is 0 Å². The molecule has 164 valence electrons. The van der Waals surface area contributed by atoms with E-state index in [1.54, 1.807) is 14.2 Å². The molecule has 0 saturated carbocycles. The van der Waals surface area contributed by atoms with Crippen molar-refractivity contribution in [3.05, 3.63) is 126 Å². The summed E-state index contributed by atoms with van der Waals surface area (Å²) < 4.78 is 11.1. The molecule has 0 aliphatic heterocycles. The summed E-state index contributed by atoms with van der Waals surface area (Å²) >= 11 is 4.52. The average molecular weight is 507 g/mol. The number of ether oxygens (including phenoxy) is 2. The van der Waals surface area contributed by atoms with Crippen LogP contribution < -0.4 is 15.9 Å². The zero-order valence-corrected chi connectivity index (χ0v) is 20.9. The van der Waals surface area contributed by atoms with Crippen molar-refractivity contribution < 1.29 is 9.47 Å². The van der Waals surface area contributed by atoms with Crippen LogP contribution in [0.5, 0.6) is 0 Å². The number of halogens is 1. The first-order valence-corrected chi connectivity index (χ1v) is 15.1. The molecule has 0 saturated heterocycles. The molecule has 0 N–H and O–H groups in total. The normalized spacial score (nSPS) is 12.9. The molecular weight excluding hydrogens is 479 g/mol. The van der Waals surface area contributed by atoms with E-state index in [4.69, 9.17) is 9.47 Å². The SMILES string of the molecule is COC(OC)c1cccc(CP(Br)(c2ccccc2)(c2ccccc2)c2ccccc2)c1. The minimum atomic E-state index is -3.03. The molecule has 0 fully saturated rings. The van der Waals surface area contributed by atoms with Gasteiger partial charge in [0.05, 0.1) is 0 Å². The van der Waals surface area contributed by atoms with Crippen LogP contribution in [0.25, 0.3) is 0 Å². The van der Waals surface area contributed by atoms with E-state index >= 15 is 0 Å². The minimum absolute atomic E-state index is 0.388. The fraction of sp³-hybridized carbons (Fsp3) is 0.143. The van der Waals surface area contributed by atoms with Gasteiger partial charge in [0, 0.05) is 0 Å². The van der Waals surface area contributed by atoms with E-state index in [-0.39, 0.29) is 6.29 Å². The van der Waals surface area contributed by atoms with E-state index in [1.165, 1.54) is 21.5 Å². The van der Waals surface area contributed by atoms with Crippen LogP contribution in [-0.2, 0) is 15.6 Å². The second-order valence-corrected chi connectivity index (χ2v) is 16.8. The van der Waals surface area contributed by atoms with Gasteiger partial charge >= 0.3 is 199 Å². The Kier molecular flexibility index (Phi) is 6.93. The molecule has 32 heavy (non-hydrogen) atoms. The van der Waals surface area contributed by atoms with Gasteiger partial charge in [-0.2, -0.15) is 0 Å². The Balaban J connectivity index is 2.00. The topological polar surface area (TPSA) is 18.5 Å². The third-order valence-electron chi connectivity index (χ3n) is 6.01. The maximum absolute atomic E-state index is 5.53. The van der Waals surface area contributed by atoms with Crippen molar-refractivity contribution in [1.82, 2.24) is 0 Å². The van der Waals surface area contributed by atoms with Crippen LogP contribution in [0.3, 0.4) is 0 Å². The zero-order valence-electron chi connectivity index (χ0n) is 18.4. The third-order valence-corrected chi connectivity index (χ3v) is 15.5. The molecule has 4 aromatic carbocycles. The fourth-order valence-electron chi connectivity index (χ4n) is 4.49. The zero-order chi connectivity index (χ0) is 22.5. The summed E-state index contributed by atoms with van der Waals surface area (Å²) in [6.07, 6.45) is 0.443. The van der Waals surface area contributed by atoms with Gasteiger partial charge < -0.3 is 0 Å². The van der Waals surface area contributed by atoms with Gasteiger partial charge in [0.25, 0.3) is 0 Å².